The van der Waals surface area contributed by atoms with Crippen molar-refractivity contribution >= 4 is 40.5 Å². The molecule has 1 N–H and O–H groups in total. The summed E-state index contributed by atoms with van der Waals surface area (Å²) in [7, 11) is 0. The van der Waals surface area contributed by atoms with Crippen LogP contribution in [0, 0.1) is 6.07 Å². The number of nitrogens with zero attached hydrogens (tertiary/aromatic N) is 1. The van der Waals surface area contributed by atoms with Crippen molar-refractivity contribution in [3.8, 4) is 0 Å². The van der Waals surface area contributed by atoms with Crippen molar-refractivity contribution in [2.75, 3.05) is 10.8 Å². The van der Waals surface area contributed by atoms with E-state index in [1.165, 1.54) is 9.87 Å². The molecule has 0 bridgehead atoms. The van der Waals surface area contributed by atoms with Gasteiger partial charge in [0, 0.05) is 11.0 Å². The predicted octanol–water partition coefficient (Wildman–Crippen LogP) is 3.85. The van der Waals surface area contributed by atoms with Gasteiger partial charge in [-0.1, -0.05) is 53.0 Å². The van der Waals surface area contributed by atoms with Gasteiger partial charge in [-0.15, -0.1) is 0 Å². The molecule has 0 aromatic heterocycles. The fourth-order valence-corrected chi connectivity index (χ4v) is 2.14. The Labute approximate surface area is 132 Å². The highest BCUT2D eigenvalue weighted by molar-refractivity contribution is 9.10. The molecular weight excluding hydrogens is 336 g/mol. The van der Waals surface area contributed by atoms with Gasteiger partial charge in [0.15, 0.2) is 0 Å². The van der Waals surface area contributed by atoms with Crippen LogP contribution in [0.2, 0.25) is 0 Å². The van der Waals surface area contributed by atoms with Crippen molar-refractivity contribution in [3.63, 3.8) is 0 Å². The Morgan fingerprint density at radius 1 is 1.20 bits per heavy atom. The lowest BCUT2D eigenvalue weighted by Crippen LogP contribution is -2.35. The second kappa shape index (κ2) is 7.36. The summed E-state index contributed by atoms with van der Waals surface area (Å²) in [6, 6.07) is 17.7. The molecule has 0 heterocycles. The fraction of sp³-hybridized carbons (Fsp3) is 0.133. The molecule has 0 saturated heterocycles. The largest absolute Gasteiger partial charge is 0.337 e. The Morgan fingerprint density at radius 3 is 2.50 bits per heavy atom. The number of benzene rings is 2. The first kappa shape index (κ1) is 14.9. The van der Waals surface area contributed by atoms with Crippen LogP contribution in [0.4, 0.5) is 10.5 Å². The van der Waals surface area contributed by atoms with Gasteiger partial charge in [-0.05, 0) is 42.3 Å². The Hall–Kier alpha value is -1.46. The first-order valence-corrected chi connectivity index (χ1v) is 7.33. The van der Waals surface area contributed by atoms with E-state index in [0.717, 1.165) is 10.9 Å². The molecule has 2 aromatic rings. The summed E-state index contributed by atoms with van der Waals surface area (Å²) in [6.45, 7) is 0.566. The van der Waals surface area contributed by atoms with E-state index >= 15 is 0 Å². The van der Waals surface area contributed by atoms with E-state index in [2.05, 4.69) is 40.1 Å². The number of rotatable bonds is 4. The third-order valence-corrected chi connectivity index (χ3v) is 3.68. The first-order chi connectivity index (χ1) is 9.66. The zero-order valence-electron chi connectivity index (χ0n) is 10.7. The van der Waals surface area contributed by atoms with E-state index < -0.39 is 0 Å². The van der Waals surface area contributed by atoms with Crippen LogP contribution < -0.4 is 9.62 Å². The molecule has 20 heavy (non-hydrogen) atoms. The summed E-state index contributed by atoms with van der Waals surface area (Å²) in [4.78, 5) is 11.9. The van der Waals surface area contributed by atoms with Gasteiger partial charge in [-0.2, -0.15) is 0 Å². The molecule has 0 fully saturated rings. The van der Waals surface area contributed by atoms with E-state index in [1.807, 2.05) is 24.3 Å². The zero-order chi connectivity index (χ0) is 14.4. The molecular formula is C15H14BrN2OS. The minimum atomic E-state index is -0.239. The van der Waals surface area contributed by atoms with Crippen molar-refractivity contribution < 1.29 is 4.79 Å². The number of hydrogen-bond donors (Lipinski definition) is 2. The first-order valence-electron chi connectivity index (χ1n) is 6.14. The average molecular weight is 350 g/mol. The van der Waals surface area contributed by atoms with Gasteiger partial charge in [-0.3, -0.25) is 0 Å². The molecule has 2 rings (SSSR count). The molecule has 0 aliphatic rings. The molecule has 1 radical (unpaired) electrons. The van der Waals surface area contributed by atoms with Gasteiger partial charge in [0.25, 0.3) is 0 Å². The second-order valence-electron chi connectivity index (χ2n) is 4.18. The number of hydrogen-bond acceptors (Lipinski definition) is 2. The normalized spacial score (nSPS) is 10.1. The molecule has 0 spiro atoms. The average Bonchev–Trinajstić information content (AvgIpc) is 2.49. The van der Waals surface area contributed by atoms with Crippen molar-refractivity contribution in [1.29, 1.82) is 0 Å². The van der Waals surface area contributed by atoms with Gasteiger partial charge in [0.05, 0.1) is 5.69 Å². The molecule has 2 aromatic carbocycles. The number of thiol groups is 1. The maximum absolute atomic E-state index is 11.9. The lowest BCUT2D eigenvalue weighted by Gasteiger charge is -2.16. The van der Waals surface area contributed by atoms with Crippen molar-refractivity contribution in [1.82, 2.24) is 5.32 Å². The van der Waals surface area contributed by atoms with Crippen molar-refractivity contribution in [2.24, 2.45) is 0 Å². The standard InChI is InChI=1S/C15H14BrN2OS/c16-13-8-6-12(7-9-13)10-11-17-15(19)18(20)14-4-2-1-3-5-14/h2-9,20H,10-11H2,(H,17,19). The van der Waals surface area contributed by atoms with Gasteiger partial charge >= 0.3 is 6.03 Å². The van der Waals surface area contributed by atoms with Crippen molar-refractivity contribution in [2.45, 2.75) is 6.42 Å². The molecule has 0 unspecified atom stereocenters. The predicted molar refractivity (Wildman–Crippen MR) is 88.0 cm³/mol. The highest BCUT2D eigenvalue weighted by Gasteiger charge is 2.10. The number of anilines is 1. The fourth-order valence-electron chi connectivity index (χ4n) is 1.68. The Balaban J connectivity index is 1.82. The summed E-state index contributed by atoms with van der Waals surface area (Å²) in [5.41, 5.74) is 1.89. The van der Waals surface area contributed by atoms with Gasteiger partial charge < -0.3 is 5.32 Å². The molecule has 0 aliphatic carbocycles. The van der Waals surface area contributed by atoms with E-state index in [4.69, 9.17) is 0 Å². The van der Waals surface area contributed by atoms with Crippen LogP contribution >= 0.6 is 28.7 Å². The molecule has 0 saturated carbocycles. The quantitative estimate of drug-likeness (QED) is 0.807. The van der Waals surface area contributed by atoms with Crippen molar-refractivity contribution in [3.05, 3.63) is 64.6 Å². The lowest BCUT2D eigenvalue weighted by atomic mass is 10.1. The Morgan fingerprint density at radius 2 is 1.85 bits per heavy atom. The topological polar surface area (TPSA) is 32.3 Å². The minimum absolute atomic E-state index is 0.239. The van der Waals surface area contributed by atoms with Crippen LogP contribution in [0.3, 0.4) is 0 Å². The maximum atomic E-state index is 11.9. The van der Waals surface area contributed by atoms with E-state index in [-0.39, 0.29) is 6.03 Å². The molecule has 5 heteroatoms. The number of nitrogens with one attached hydrogen (secondary N) is 1. The summed E-state index contributed by atoms with van der Waals surface area (Å²) < 4.78 is 2.34. The van der Waals surface area contributed by atoms with Crippen LogP contribution in [0.5, 0.6) is 0 Å². The van der Waals surface area contributed by atoms with Crippen LogP contribution in [0.25, 0.3) is 0 Å². The number of carbonyl (C=O) groups excluding carboxylic acids is 1. The highest BCUT2D eigenvalue weighted by atomic mass is 79.9. The number of carbonyl (C=O) groups is 1. The number of urea groups is 1. The van der Waals surface area contributed by atoms with E-state index in [0.29, 0.717) is 12.2 Å². The molecule has 3 nitrogen and oxygen atoms in total. The van der Waals surface area contributed by atoms with Crippen LogP contribution in [-0.4, -0.2) is 12.6 Å². The van der Waals surface area contributed by atoms with E-state index in [1.54, 1.807) is 24.3 Å². The summed E-state index contributed by atoms with van der Waals surface area (Å²) in [5.74, 6) is 0. The lowest BCUT2D eigenvalue weighted by molar-refractivity contribution is 0.250. The number of amides is 2. The van der Waals surface area contributed by atoms with Gasteiger partial charge in [0.2, 0.25) is 0 Å². The van der Waals surface area contributed by atoms with Gasteiger partial charge in [0.1, 0.15) is 0 Å². The summed E-state index contributed by atoms with van der Waals surface area (Å²) in [5, 5.41) is 2.83. The monoisotopic (exact) mass is 349 g/mol. The van der Waals surface area contributed by atoms with E-state index in [9.17, 15) is 4.79 Å². The Kier molecular flexibility index (Phi) is 5.49. The molecule has 0 atom stereocenters. The highest BCUT2D eigenvalue weighted by Crippen LogP contribution is 2.15. The molecule has 2 amide bonds. The minimum Gasteiger partial charge on any atom is -0.337 e. The van der Waals surface area contributed by atoms with Gasteiger partial charge in [-0.25, -0.2) is 9.10 Å². The maximum Gasteiger partial charge on any atom is 0.331 e. The number of halogens is 1. The molecule has 0 aliphatic heterocycles. The summed E-state index contributed by atoms with van der Waals surface area (Å²) in [6.07, 6.45) is 0.781. The third-order valence-electron chi connectivity index (χ3n) is 2.74. The van der Waals surface area contributed by atoms with Crippen LogP contribution in [0.1, 0.15) is 5.56 Å². The smallest absolute Gasteiger partial charge is 0.331 e. The molecule has 103 valence electrons. The third kappa shape index (κ3) is 4.28. The second-order valence-corrected chi connectivity index (χ2v) is 5.49. The van der Waals surface area contributed by atoms with Crippen LogP contribution in [-0.2, 0) is 6.42 Å². The van der Waals surface area contributed by atoms with Crippen LogP contribution in [0.15, 0.2) is 53.0 Å². The zero-order valence-corrected chi connectivity index (χ0v) is 13.2. The summed E-state index contributed by atoms with van der Waals surface area (Å²) >= 11 is 7.58. The Bertz CT molecular complexity index is 560. The SMILES string of the molecule is O=C(NCCc1ccc(Br)cc1)N(S)c1cc[c]cc1.